The number of Topliss-reactive ketones (excluding diaryl/α,β-unsaturated/α-hetero) is 1. The number of nitro benzene ring substituents is 1. The maximum Gasteiger partial charge on any atom is 0.269 e. The topological polar surface area (TPSA) is 60.2 Å². The number of nitrogens with zero attached hydrogens (tertiary/aromatic N) is 1. The standard InChI is InChI=1S/C12H7Br2NO3S/c13-9-6-11(19-12(9)14)10(16)5-7-1-3-8(4-2-7)15(17)18/h1-4,6H,5H2. The van der Waals surface area contributed by atoms with Crippen molar-refractivity contribution < 1.29 is 9.72 Å². The Bertz CT molecular complexity index is 617. The maximum atomic E-state index is 12.0. The van der Waals surface area contributed by atoms with Crippen LogP contribution >= 0.6 is 43.2 Å². The van der Waals surface area contributed by atoms with Gasteiger partial charge in [-0.15, -0.1) is 11.3 Å². The number of ketones is 1. The molecular weight excluding hydrogens is 398 g/mol. The van der Waals surface area contributed by atoms with Crippen LogP contribution in [0.25, 0.3) is 0 Å². The summed E-state index contributed by atoms with van der Waals surface area (Å²) in [6.45, 7) is 0. The number of carbonyl (C=O) groups excluding carboxylic acids is 1. The Labute approximate surface area is 129 Å². The Balaban J connectivity index is 2.12. The molecule has 98 valence electrons. The van der Waals surface area contributed by atoms with E-state index >= 15 is 0 Å². The molecule has 0 aliphatic carbocycles. The highest BCUT2D eigenvalue weighted by Crippen LogP contribution is 2.33. The zero-order valence-electron chi connectivity index (χ0n) is 9.43. The van der Waals surface area contributed by atoms with E-state index in [4.69, 9.17) is 0 Å². The van der Waals surface area contributed by atoms with Gasteiger partial charge >= 0.3 is 0 Å². The first-order valence-electron chi connectivity index (χ1n) is 5.18. The highest BCUT2D eigenvalue weighted by molar-refractivity contribution is 9.13. The minimum Gasteiger partial charge on any atom is -0.293 e. The van der Waals surface area contributed by atoms with Gasteiger partial charge in [0.1, 0.15) is 0 Å². The predicted octanol–water partition coefficient (Wildman–Crippen LogP) is 4.61. The summed E-state index contributed by atoms with van der Waals surface area (Å²) in [5.41, 5.74) is 0.786. The molecule has 0 aliphatic rings. The van der Waals surface area contributed by atoms with E-state index in [1.54, 1.807) is 18.2 Å². The molecule has 0 saturated heterocycles. The number of halogens is 2. The van der Waals surface area contributed by atoms with Crippen molar-refractivity contribution in [3.8, 4) is 0 Å². The van der Waals surface area contributed by atoms with E-state index in [2.05, 4.69) is 31.9 Å². The highest BCUT2D eigenvalue weighted by atomic mass is 79.9. The number of non-ortho nitro benzene ring substituents is 1. The van der Waals surface area contributed by atoms with Crippen molar-refractivity contribution in [3.05, 3.63) is 59.1 Å². The number of hydrogen-bond donors (Lipinski definition) is 0. The molecule has 2 rings (SSSR count). The smallest absolute Gasteiger partial charge is 0.269 e. The summed E-state index contributed by atoms with van der Waals surface area (Å²) in [6.07, 6.45) is 0.234. The third-order valence-electron chi connectivity index (χ3n) is 2.43. The van der Waals surface area contributed by atoms with Gasteiger partial charge in [-0.25, -0.2) is 0 Å². The van der Waals surface area contributed by atoms with Crippen LogP contribution in [-0.4, -0.2) is 10.7 Å². The van der Waals surface area contributed by atoms with Crippen LogP contribution < -0.4 is 0 Å². The van der Waals surface area contributed by atoms with Gasteiger partial charge in [-0.05, 0) is 43.5 Å². The number of carbonyl (C=O) groups is 1. The van der Waals surface area contributed by atoms with E-state index < -0.39 is 4.92 Å². The van der Waals surface area contributed by atoms with Crippen molar-refractivity contribution in [1.82, 2.24) is 0 Å². The molecule has 0 fully saturated rings. The minimum absolute atomic E-state index is 0.00902. The molecule has 0 bridgehead atoms. The van der Waals surface area contributed by atoms with E-state index in [1.165, 1.54) is 23.5 Å². The molecule has 0 atom stereocenters. The van der Waals surface area contributed by atoms with Crippen molar-refractivity contribution in [3.63, 3.8) is 0 Å². The average molecular weight is 405 g/mol. The van der Waals surface area contributed by atoms with Gasteiger partial charge in [0.25, 0.3) is 5.69 Å². The summed E-state index contributed by atoms with van der Waals surface area (Å²) < 4.78 is 1.73. The van der Waals surface area contributed by atoms with Crippen LogP contribution in [0.2, 0.25) is 0 Å². The Morgan fingerprint density at radius 1 is 1.26 bits per heavy atom. The zero-order chi connectivity index (χ0) is 14.0. The third kappa shape index (κ3) is 3.49. The molecule has 1 aromatic heterocycles. The number of hydrogen-bond acceptors (Lipinski definition) is 4. The Kier molecular flexibility index (Phi) is 4.49. The summed E-state index contributed by atoms with van der Waals surface area (Å²) in [4.78, 5) is 22.8. The molecule has 0 radical (unpaired) electrons. The summed E-state index contributed by atoms with van der Waals surface area (Å²) >= 11 is 8.03. The van der Waals surface area contributed by atoms with Gasteiger partial charge in [-0.3, -0.25) is 14.9 Å². The van der Waals surface area contributed by atoms with Crippen molar-refractivity contribution in [2.24, 2.45) is 0 Å². The first-order valence-corrected chi connectivity index (χ1v) is 7.59. The number of thiophene rings is 1. The van der Waals surface area contributed by atoms with E-state index in [1.807, 2.05) is 0 Å². The molecule has 19 heavy (non-hydrogen) atoms. The fraction of sp³-hybridized carbons (Fsp3) is 0.0833. The van der Waals surface area contributed by atoms with Crippen molar-refractivity contribution >= 4 is 54.7 Å². The molecule has 0 unspecified atom stereocenters. The van der Waals surface area contributed by atoms with Crippen LogP contribution in [0.4, 0.5) is 5.69 Å². The molecule has 1 aromatic carbocycles. The van der Waals surface area contributed by atoms with Crippen LogP contribution in [-0.2, 0) is 6.42 Å². The lowest BCUT2D eigenvalue weighted by molar-refractivity contribution is -0.384. The van der Waals surface area contributed by atoms with Gasteiger partial charge in [-0.2, -0.15) is 0 Å². The van der Waals surface area contributed by atoms with Gasteiger partial charge in [-0.1, -0.05) is 12.1 Å². The molecule has 7 heteroatoms. The molecule has 1 heterocycles. The van der Waals surface area contributed by atoms with Gasteiger partial charge in [0.05, 0.1) is 13.6 Å². The van der Waals surface area contributed by atoms with Gasteiger partial charge in [0.15, 0.2) is 5.78 Å². The van der Waals surface area contributed by atoms with E-state index in [0.29, 0.717) is 4.88 Å². The number of nitro groups is 1. The molecule has 0 spiro atoms. The summed E-state index contributed by atoms with van der Waals surface area (Å²) in [6, 6.07) is 7.79. The molecular formula is C12H7Br2NO3S. The summed E-state index contributed by atoms with van der Waals surface area (Å²) in [5.74, 6) is -0.00902. The maximum absolute atomic E-state index is 12.0. The molecule has 0 saturated carbocycles. The monoisotopic (exact) mass is 403 g/mol. The average Bonchev–Trinajstić information content (AvgIpc) is 2.70. The molecule has 2 aromatic rings. The molecule has 0 aliphatic heterocycles. The second-order valence-electron chi connectivity index (χ2n) is 3.76. The van der Waals surface area contributed by atoms with Gasteiger partial charge in [0.2, 0.25) is 0 Å². The van der Waals surface area contributed by atoms with Gasteiger partial charge in [0, 0.05) is 23.0 Å². The van der Waals surface area contributed by atoms with Crippen molar-refractivity contribution in [2.45, 2.75) is 6.42 Å². The fourth-order valence-electron chi connectivity index (χ4n) is 1.49. The normalized spacial score (nSPS) is 10.4. The number of benzene rings is 1. The van der Waals surface area contributed by atoms with E-state index in [9.17, 15) is 14.9 Å². The lowest BCUT2D eigenvalue weighted by atomic mass is 10.1. The lowest BCUT2D eigenvalue weighted by Crippen LogP contribution is -2.01. The van der Waals surface area contributed by atoms with Crippen molar-refractivity contribution in [1.29, 1.82) is 0 Å². The predicted molar refractivity (Wildman–Crippen MR) is 80.8 cm³/mol. The second kappa shape index (κ2) is 5.94. The Hall–Kier alpha value is -1.05. The van der Waals surface area contributed by atoms with Crippen LogP contribution in [0, 0.1) is 10.1 Å². The molecule has 0 N–H and O–H groups in total. The summed E-state index contributed by atoms with van der Waals surface area (Å²) in [5, 5.41) is 10.5. The summed E-state index contributed by atoms with van der Waals surface area (Å²) in [7, 11) is 0. The Morgan fingerprint density at radius 3 is 2.37 bits per heavy atom. The highest BCUT2D eigenvalue weighted by Gasteiger charge is 2.13. The molecule has 0 amide bonds. The molecule has 4 nitrogen and oxygen atoms in total. The van der Waals surface area contributed by atoms with Crippen molar-refractivity contribution in [2.75, 3.05) is 0 Å². The zero-order valence-corrected chi connectivity index (χ0v) is 13.4. The second-order valence-corrected chi connectivity index (χ2v) is 6.98. The van der Waals surface area contributed by atoms with Gasteiger partial charge < -0.3 is 0 Å². The first kappa shape index (κ1) is 14.4. The quantitative estimate of drug-likeness (QED) is 0.424. The SMILES string of the molecule is O=C(Cc1ccc([N+](=O)[O-])cc1)c1cc(Br)c(Br)s1. The van der Waals surface area contributed by atoms with E-state index in [0.717, 1.165) is 13.8 Å². The largest absolute Gasteiger partial charge is 0.293 e. The first-order chi connectivity index (χ1) is 8.97. The lowest BCUT2D eigenvalue weighted by Gasteiger charge is -1.99. The minimum atomic E-state index is -0.459. The number of rotatable bonds is 4. The van der Waals surface area contributed by atoms with Crippen LogP contribution in [0.3, 0.4) is 0 Å². The van der Waals surface area contributed by atoms with Crippen LogP contribution in [0.1, 0.15) is 15.2 Å². The third-order valence-corrected chi connectivity index (χ3v) is 5.73. The Morgan fingerprint density at radius 2 is 1.89 bits per heavy atom. The van der Waals surface area contributed by atoms with Crippen LogP contribution in [0.5, 0.6) is 0 Å². The van der Waals surface area contributed by atoms with E-state index in [-0.39, 0.29) is 17.9 Å². The fourth-order valence-corrected chi connectivity index (χ4v) is 3.47. The van der Waals surface area contributed by atoms with Crippen LogP contribution in [0.15, 0.2) is 38.6 Å².